The number of nitrogens with two attached hydrogens (primary N) is 1. The maximum Gasteiger partial charge on any atom is 0.248 e. The topological polar surface area (TPSA) is 43.1 Å². The summed E-state index contributed by atoms with van der Waals surface area (Å²) in [4.78, 5) is 11.5. The number of primary amides is 1. The highest BCUT2D eigenvalue weighted by molar-refractivity contribution is 7.81. The monoisotopic (exact) mass is 403 g/mol. The van der Waals surface area contributed by atoms with Gasteiger partial charge in [0.2, 0.25) is 5.91 Å². The van der Waals surface area contributed by atoms with Crippen LogP contribution in [-0.2, 0) is 17.6 Å². The van der Waals surface area contributed by atoms with Crippen molar-refractivity contribution in [1.29, 1.82) is 0 Å². The molecule has 0 saturated heterocycles. The van der Waals surface area contributed by atoms with Gasteiger partial charge in [0, 0.05) is 5.56 Å². The van der Waals surface area contributed by atoms with E-state index in [0.717, 1.165) is 42.4 Å². The zero-order chi connectivity index (χ0) is 20.9. The summed E-state index contributed by atoms with van der Waals surface area (Å²) in [5.41, 5.74) is 11.8. The van der Waals surface area contributed by atoms with Gasteiger partial charge in [0.25, 0.3) is 0 Å². The average Bonchev–Trinajstić information content (AvgIpc) is 2.75. The lowest BCUT2D eigenvalue weighted by Gasteiger charge is -2.31. The minimum Gasteiger partial charge on any atom is -0.366 e. The van der Waals surface area contributed by atoms with E-state index in [1.54, 1.807) is 12.1 Å². The fourth-order valence-electron chi connectivity index (χ4n) is 3.78. The number of hydrogen-bond acceptors (Lipinski definition) is 2. The van der Waals surface area contributed by atoms with Crippen LogP contribution in [0.3, 0.4) is 0 Å². The lowest BCUT2D eigenvalue weighted by atomic mass is 9.82. The molecule has 2 nitrogen and oxygen atoms in total. The Morgan fingerprint density at radius 3 is 1.38 bits per heavy atom. The molecule has 0 aliphatic carbocycles. The first kappa shape index (κ1) is 21.2. The SMILES string of the molecule is CCCc1ccc(C(S)(c2ccc(CCC)cc2)c2ccc(C(N)=O)cc2)cc1. The van der Waals surface area contributed by atoms with E-state index in [-0.39, 0.29) is 0 Å². The van der Waals surface area contributed by atoms with Crippen LogP contribution in [0.2, 0.25) is 0 Å². The summed E-state index contributed by atoms with van der Waals surface area (Å²) >= 11 is 5.23. The number of hydrogen-bond donors (Lipinski definition) is 2. The summed E-state index contributed by atoms with van der Waals surface area (Å²) in [6.07, 6.45) is 4.38. The van der Waals surface area contributed by atoms with Gasteiger partial charge >= 0.3 is 0 Å². The van der Waals surface area contributed by atoms with Crippen LogP contribution in [0, 0.1) is 0 Å². The van der Waals surface area contributed by atoms with E-state index in [1.807, 2.05) is 12.1 Å². The Labute approximate surface area is 179 Å². The standard InChI is InChI=1S/C26H29NOS/c1-3-5-19-7-13-22(14-8-19)26(29,23-15-9-20(6-4-2)10-16-23)24-17-11-21(12-18-24)25(27)28/h7-18,29H,3-6H2,1-2H3,(H2,27,28). The Kier molecular flexibility index (Phi) is 6.81. The smallest absolute Gasteiger partial charge is 0.248 e. The highest BCUT2D eigenvalue weighted by Crippen LogP contribution is 2.43. The molecular weight excluding hydrogens is 374 g/mol. The number of amides is 1. The number of carbonyl (C=O) groups is 1. The first-order valence-corrected chi connectivity index (χ1v) is 10.7. The number of thiol groups is 1. The van der Waals surface area contributed by atoms with Gasteiger partial charge in [-0.15, -0.1) is 0 Å². The van der Waals surface area contributed by atoms with Gasteiger partial charge in [0.05, 0.1) is 4.75 Å². The van der Waals surface area contributed by atoms with E-state index < -0.39 is 10.7 Å². The van der Waals surface area contributed by atoms with Crippen molar-refractivity contribution in [3.05, 3.63) is 106 Å². The van der Waals surface area contributed by atoms with Gasteiger partial charge in [-0.25, -0.2) is 0 Å². The molecule has 150 valence electrons. The molecule has 0 aromatic heterocycles. The van der Waals surface area contributed by atoms with Gasteiger partial charge in [-0.05, 0) is 52.8 Å². The highest BCUT2D eigenvalue weighted by Gasteiger charge is 2.32. The van der Waals surface area contributed by atoms with E-state index in [0.29, 0.717) is 5.56 Å². The fourth-order valence-corrected chi connectivity index (χ4v) is 4.23. The van der Waals surface area contributed by atoms with Crippen molar-refractivity contribution in [3.8, 4) is 0 Å². The molecule has 0 unspecified atom stereocenters. The van der Waals surface area contributed by atoms with Crippen molar-refractivity contribution in [3.63, 3.8) is 0 Å². The summed E-state index contributed by atoms with van der Waals surface area (Å²) in [6.45, 7) is 4.38. The summed E-state index contributed by atoms with van der Waals surface area (Å²) in [5, 5.41) is 0. The van der Waals surface area contributed by atoms with Crippen LogP contribution in [0.15, 0.2) is 72.8 Å². The van der Waals surface area contributed by atoms with Crippen molar-refractivity contribution >= 4 is 18.5 Å². The molecule has 0 fully saturated rings. The second-order valence-corrected chi connectivity index (χ2v) is 8.22. The zero-order valence-corrected chi connectivity index (χ0v) is 18.1. The van der Waals surface area contributed by atoms with Crippen molar-refractivity contribution < 1.29 is 4.79 Å². The Morgan fingerprint density at radius 2 is 1.07 bits per heavy atom. The summed E-state index contributed by atoms with van der Waals surface area (Å²) in [7, 11) is 0. The van der Waals surface area contributed by atoms with Gasteiger partial charge in [-0.2, -0.15) is 12.6 Å². The average molecular weight is 404 g/mol. The van der Waals surface area contributed by atoms with Crippen LogP contribution in [-0.4, -0.2) is 5.91 Å². The van der Waals surface area contributed by atoms with Crippen molar-refractivity contribution in [2.45, 2.75) is 44.3 Å². The number of rotatable bonds is 8. The van der Waals surface area contributed by atoms with Crippen LogP contribution >= 0.6 is 12.6 Å². The van der Waals surface area contributed by atoms with E-state index in [4.69, 9.17) is 18.4 Å². The maximum absolute atomic E-state index is 11.5. The third kappa shape index (κ3) is 4.56. The Hall–Kier alpha value is -2.52. The molecule has 3 rings (SSSR count). The quantitative estimate of drug-likeness (QED) is 0.356. The number of carbonyl (C=O) groups excluding carboxylic acids is 1. The van der Waals surface area contributed by atoms with Crippen LogP contribution in [0.25, 0.3) is 0 Å². The summed E-state index contributed by atoms with van der Waals surface area (Å²) in [6, 6.07) is 24.9. The number of aryl methyl sites for hydroxylation is 2. The van der Waals surface area contributed by atoms with Crippen LogP contribution in [0.4, 0.5) is 0 Å². The van der Waals surface area contributed by atoms with Gasteiger partial charge in [0.1, 0.15) is 0 Å². The predicted octanol–water partition coefficient (Wildman–Crippen LogP) is 5.91. The van der Waals surface area contributed by atoms with E-state index in [9.17, 15) is 4.79 Å². The molecule has 0 saturated carbocycles. The third-order valence-corrected chi connectivity index (χ3v) is 6.18. The summed E-state index contributed by atoms with van der Waals surface area (Å²) < 4.78 is -0.619. The molecule has 0 aliphatic rings. The van der Waals surface area contributed by atoms with Crippen LogP contribution in [0.5, 0.6) is 0 Å². The lowest BCUT2D eigenvalue weighted by molar-refractivity contribution is 0.100. The second-order valence-electron chi connectivity index (χ2n) is 7.55. The normalized spacial score (nSPS) is 11.4. The Balaban J connectivity index is 2.10. The van der Waals surface area contributed by atoms with Crippen molar-refractivity contribution in [2.24, 2.45) is 5.73 Å². The van der Waals surface area contributed by atoms with Gasteiger partial charge in [-0.3, -0.25) is 4.79 Å². The zero-order valence-electron chi connectivity index (χ0n) is 17.2. The maximum atomic E-state index is 11.5. The first-order valence-electron chi connectivity index (χ1n) is 10.3. The minimum atomic E-state index is -0.619. The molecule has 0 bridgehead atoms. The molecule has 0 radical (unpaired) electrons. The molecule has 3 heteroatoms. The molecule has 0 spiro atoms. The molecule has 0 aliphatic heterocycles. The Bertz CT molecular complexity index is 894. The van der Waals surface area contributed by atoms with E-state index >= 15 is 0 Å². The molecular formula is C26H29NOS. The molecule has 3 aromatic carbocycles. The molecule has 1 amide bonds. The molecule has 0 heterocycles. The second kappa shape index (κ2) is 9.32. The molecule has 2 N–H and O–H groups in total. The Morgan fingerprint density at radius 1 is 0.724 bits per heavy atom. The predicted molar refractivity (Wildman–Crippen MR) is 125 cm³/mol. The van der Waals surface area contributed by atoms with Crippen molar-refractivity contribution in [1.82, 2.24) is 0 Å². The van der Waals surface area contributed by atoms with Gasteiger partial charge < -0.3 is 5.73 Å². The molecule has 0 atom stereocenters. The van der Waals surface area contributed by atoms with E-state index in [1.165, 1.54) is 11.1 Å². The van der Waals surface area contributed by atoms with Crippen LogP contribution < -0.4 is 5.73 Å². The largest absolute Gasteiger partial charge is 0.366 e. The molecule has 3 aromatic rings. The minimum absolute atomic E-state index is 0.422. The first-order chi connectivity index (χ1) is 14.0. The van der Waals surface area contributed by atoms with Gasteiger partial charge in [-0.1, -0.05) is 87.4 Å². The number of benzene rings is 3. The fraction of sp³-hybridized carbons (Fsp3) is 0.269. The van der Waals surface area contributed by atoms with Crippen LogP contribution in [0.1, 0.15) is 64.9 Å². The van der Waals surface area contributed by atoms with Crippen molar-refractivity contribution in [2.75, 3.05) is 0 Å². The summed E-state index contributed by atoms with van der Waals surface area (Å²) in [5.74, 6) is -0.422. The highest BCUT2D eigenvalue weighted by atomic mass is 32.1. The third-order valence-electron chi connectivity index (χ3n) is 5.41. The van der Waals surface area contributed by atoms with Gasteiger partial charge in [0.15, 0.2) is 0 Å². The van der Waals surface area contributed by atoms with E-state index in [2.05, 4.69) is 62.4 Å². The lowest BCUT2D eigenvalue weighted by Crippen LogP contribution is -2.23. The molecule has 29 heavy (non-hydrogen) atoms.